The van der Waals surface area contributed by atoms with Crippen molar-refractivity contribution in [1.82, 2.24) is 4.90 Å². The quantitative estimate of drug-likeness (QED) is 0.754. The lowest BCUT2D eigenvalue weighted by Crippen LogP contribution is -3.00. The minimum absolute atomic E-state index is 0. The summed E-state index contributed by atoms with van der Waals surface area (Å²) in [5, 5.41) is 0. The monoisotopic (exact) mass is 374 g/mol. The highest BCUT2D eigenvalue weighted by atomic mass is 35.5. The van der Waals surface area contributed by atoms with Crippen LogP contribution in [0.15, 0.2) is 24.3 Å². The Balaban J connectivity index is 0.00000168. The number of hydrogen-bond acceptors (Lipinski definition) is 5. The zero-order valence-corrected chi connectivity index (χ0v) is 15.8. The van der Waals surface area contributed by atoms with Crippen LogP contribution in [0.2, 0.25) is 0 Å². The van der Waals surface area contributed by atoms with Gasteiger partial charge in [0.2, 0.25) is 6.79 Å². The van der Waals surface area contributed by atoms with E-state index in [1.165, 1.54) is 22.3 Å². The number of nitrogens with zero attached hydrogens (tertiary/aromatic N) is 1. The van der Waals surface area contributed by atoms with E-state index in [1.54, 1.807) is 14.2 Å². The number of hydrogen-bond donors (Lipinski definition) is 0. The third-order valence-corrected chi connectivity index (χ3v) is 5.81. The summed E-state index contributed by atoms with van der Waals surface area (Å²) in [6.45, 7) is 0.316. The van der Waals surface area contributed by atoms with Crippen LogP contribution < -0.4 is 31.4 Å². The topological polar surface area (TPSA) is 40.2 Å². The first-order chi connectivity index (χ1) is 12.2. The van der Waals surface area contributed by atoms with Crippen LogP contribution >= 0.6 is 0 Å². The summed E-state index contributed by atoms with van der Waals surface area (Å²) in [6.07, 6.45) is 1.91. The van der Waals surface area contributed by atoms with Crippen molar-refractivity contribution >= 4 is 0 Å². The third-order valence-electron chi connectivity index (χ3n) is 5.81. The summed E-state index contributed by atoms with van der Waals surface area (Å²) >= 11 is 0. The molecular weight excluding hydrogens is 354 g/mol. The van der Waals surface area contributed by atoms with Crippen LogP contribution in [0.5, 0.6) is 23.0 Å². The third kappa shape index (κ3) is 2.34. The maximum Gasteiger partial charge on any atom is 0.231 e. The van der Waals surface area contributed by atoms with Gasteiger partial charge in [-0.2, -0.15) is 0 Å². The SMILES string of the molecule is COc1cc2c(cc1OC)[C@@H]1Cc3cc4c(cc3[C@H](C2)N1C)OCO4.[Cl-]. The molecule has 0 radical (unpaired) electrons. The summed E-state index contributed by atoms with van der Waals surface area (Å²) in [7, 11) is 5.59. The Morgan fingerprint density at radius 3 is 2.04 bits per heavy atom. The number of likely N-dealkylation sites (N-methyl/N-ethyl adjacent to an activating group) is 1. The smallest absolute Gasteiger partial charge is 0.231 e. The molecule has 0 saturated heterocycles. The lowest BCUT2D eigenvalue weighted by atomic mass is 9.76. The lowest BCUT2D eigenvalue weighted by molar-refractivity contribution is -0.00000715. The van der Waals surface area contributed by atoms with E-state index in [1.807, 2.05) is 0 Å². The van der Waals surface area contributed by atoms with Crippen molar-refractivity contribution < 1.29 is 31.4 Å². The van der Waals surface area contributed by atoms with E-state index in [9.17, 15) is 0 Å². The number of fused-ring (bicyclic) bond motifs is 7. The van der Waals surface area contributed by atoms with Gasteiger partial charge in [0.25, 0.3) is 0 Å². The molecule has 2 atom stereocenters. The molecular formula is C20H21ClNO4-. The van der Waals surface area contributed by atoms with E-state index >= 15 is 0 Å². The maximum atomic E-state index is 5.60. The fraction of sp³-hybridized carbons (Fsp3) is 0.400. The molecule has 3 heterocycles. The molecule has 0 unspecified atom stereocenters. The number of methoxy groups -OCH3 is 2. The summed E-state index contributed by atoms with van der Waals surface area (Å²) in [5.74, 6) is 3.33. The highest BCUT2D eigenvalue weighted by Crippen LogP contribution is 2.50. The predicted molar refractivity (Wildman–Crippen MR) is 92.8 cm³/mol. The summed E-state index contributed by atoms with van der Waals surface area (Å²) < 4.78 is 22.2. The number of rotatable bonds is 2. The molecule has 0 fully saturated rings. The molecule has 6 heteroatoms. The molecule has 0 N–H and O–H groups in total. The van der Waals surface area contributed by atoms with Crippen LogP contribution in [0.1, 0.15) is 34.3 Å². The average molecular weight is 375 g/mol. The number of ether oxygens (including phenoxy) is 4. The van der Waals surface area contributed by atoms with Gasteiger partial charge >= 0.3 is 0 Å². The predicted octanol–water partition coefficient (Wildman–Crippen LogP) is 0.263. The normalized spacial score (nSPS) is 22.1. The van der Waals surface area contributed by atoms with Gasteiger partial charge in [0, 0.05) is 12.1 Å². The molecule has 26 heavy (non-hydrogen) atoms. The van der Waals surface area contributed by atoms with E-state index in [2.05, 4.69) is 36.2 Å². The average Bonchev–Trinajstić information content (AvgIpc) is 3.08. The zero-order valence-electron chi connectivity index (χ0n) is 15.0. The van der Waals surface area contributed by atoms with Gasteiger partial charge in [-0.05, 0) is 66.4 Å². The largest absolute Gasteiger partial charge is 1.00 e. The molecule has 2 aromatic carbocycles. The van der Waals surface area contributed by atoms with Crippen molar-refractivity contribution in [3.05, 3.63) is 46.5 Å². The molecule has 0 aromatic heterocycles. The van der Waals surface area contributed by atoms with Gasteiger partial charge in [-0.3, -0.25) is 4.90 Å². The van der Waals surface area contributed by atoms with Gasteiger partial charge in [-0.15, -0.1) is 0 Å². The first-order valence-electron chi connectivity index (χ1n) is 8.58. The molecule has 5 rings (SSSR count). The summed E-state index contributed by atoms with van der Waals surface area (Å²) in [6, 6.07) is 9.29. The van der Waals surface area contributed by atoms with E-state index in [0.717, 1.165) is 35.8 Å². The van der Waals surface area contributed by atoms with Crippen molar-refractivity contribution in [3.8, 4) is 23.0 Å². The Morgan fingerprint density at radius 2 is 1.38 bits per heavy atom. The maximum absolute atomic E-state index is 5.60. The van der Waals surface area contributed by atoms with Crippen LogP contribution in [0, 0.1) is 0 Å². The first kappa shape index (κ1) is 17.3. The number of benzene rings is 2. The second kappa shape index (κ2) is 6.25. The summed E-state index contributed by atoms with van der Waals surface area (Å²) in [5.41, 5.74) is 5.38. The van der Waals surface area contributed by atoms with E-state index < -0.39 is 0 Å². The van der Waals surface area contributed by atoms with Gasteiger partial charge in [0.15, 0.2) is 23.0 Å². The van der Waals surface area contributed by atoms with Gasteiger partial charge in [0.1, 0.15) is 0 Å². The van der Waals surface area contributed by atoms with Gasteiger partial charge in [0.05, 0.1) is 14.2 Å². The molecule has 3 aliphatic heterocycles. The van der Waals surface area contributed by atoms with Crippen LogP contribution in [0.4, 0.5) is 0 Å². The first-order valence-corrected chi connectivity index (χ1v) is 8.58. The van der Waals surface area contributed by atoms with E-state index in [4.69, 9.17) is 18.9 Å². The van der Waals surface area contributed by atoms with Gasteiger partial charge in [-0.25, -0.2) is 0 Å². The molecule has 3 aliphatic rings. The highest BCUT2D eigenvalue weighted by Gasteiger charge is 2.39. The van der Waals surface area contributed by atoms with Crippen molar-refractivity contribution in [2.24, 2.45) is 0 Å². The van der Waals surface area contributed by atoms with E-state index in [-0.39, 0.29) is 12.4 Å². The van der Waals surface area contributed by atoms with Crippen LogP contribution in [-0.4, -0.2) is 33.0 Å². The fourth-order valence-corrected chi connectivity index (χ4v) is 4.49. The second-order valence-corrected chi connectivity index (χ2v) is 6.92. The second-order valence-electron chi connectivity index (χ2n) is 6.92. The molecule has 5 nitrogen and oxygen atoms in total. The number of halogens is 1. The minimum atomic E-state index is 0. The lowest BCUT2D eigenvalue weighted by Gasteiger charge is -2.46. The molecule has 0 saturated carbocycles. The van der Waals surface area contributed by atoms with Crippen molar-refractivity contribution in [1.29, 1.82) is 0 Å². The molecule has 0 spiro atoms. The summed E-state index contributed by atoms with van der Waals surface area (Å²) in [4.78, 5) is 2.47. The zero-order chi connectivity index (χ0) is 17.1. The van der Waals surface area contributed by atoms with Gasteiger partial charge < -0.3 is 31.4 Å². The Hall–Kier alpha value is -2.11. The standard InChI is InChI=1S/C20H21NO4.ClH/c1-21-15-5-12-7-19-20(25-10-24-19)9-14(12)16(21)4-11-6-17(22-2)18(23-3)8-13(11)15;/h6-9,15-16H,4-5,10H2,1-3H3;1H/p-1/t15-,16-;/m0./s1. The Kier molecular flexibility index (Phi) is 4.16. The molecule has 2 aromatic rings. The molecule has 0 aliphatic carbocycles. The van der Waals surface area contributed by atoms with Crippen molar-refractivity contribution in [3.63, 3.8) is 0 Å². The van der Waals surface area contributed by atoms with Crippen LogP contribution in [-0.2, 0) is 12.8 Å². The highest BCUT2D eigenvalue weighted by molar-refractivity contribution is 5.55. The van der Waals surface area contributed by atoms with E-state index in [0.29, 0.717) is 18.9 Å². The fourth-order valence-electron chi connectivity index (χ4n) is 4.49. The van der Waals surface area contributed by atoms with Crippen molar-refractivity contribution in [2.45, 2.75) is 24.9 Å². The minimum Gasteiger partial charge on any atom is -1.00 e. The van der Waals surface area contributed by atoms with Crippen molar-refractivity contribution in [2.75, 3.05) is 28.1 Å². The van der Waals surface area contributed by atoms with Crippen LogP contribution in [0.3, 0.4) is 0 Å². The molecule has 138 valence electrons. The Labute approximate surface area is 159 Å². The van der Waals surface area contributed by atoms with Crippen LogP contribution in [0.25, 0.3) is 0 Å². The Morgan fingerprint density at radius 1 is 0.846 bits per heavy atom. The molecule has 0 amide bonds. The Bertz CT molecular complexity index is 869. The van der Waals surface area contributed by atoms with Gasteiger partial charge in [-0.1, -0.05) is 0 Å². The molecule has 2 bridgehead atoms.